The number of phenols is 1. The van der Waals surface area contributed by atoms with Gasteiger partial charge in [-0.05, 0) is 29.8 Å². The highest BCUT2D eigenvalue weighted by molar-refractivity contribution is 8.00. The Bertz CT molecular complexity index is 1410. The van der Waals surface area contributed by atoms with Crippen molar-refractivity contribution in [1.29, 1.82) is 0 Å². The number of rotatable bonds is 5. The Morgan fingerprint density at radius 1 is 1.06 bits per heavy atom. The van der Waals surface area contributed by atoms with Gasteiger partial charge in [-0.15, -0.1) is 0 Å². The van der Waals surface area contributed by atoms with Crippen molar-refractivity contribution in [3.8, 4) is 17.2 Å². The Balaban J connectivity index is 1.65. The number of nitro groups is 1. The molecule has 0 unspecified atom stereocenters. The largest absolute Gasteiger partial charge is 0.502 e. The SMILES string of the molecule is COc1cc([C@@H]2c3sc(=O)[nH]c3S[C@H]3C(=O)N(c4ccc([N+](=O)[O-])cc4)C(=O)[C@@H]23)cc(OC)c1O. The summed E-state index contributed by atoms with van der Waals surface area (Å²) in [7, 11) is 2.75. The van der Waals surface area contributed by atoms with E-state index in [1.807, 2.05) is 0 Å². The number of anilines is 1. The number of aromatic amines is 1. The summed E-state index contributed by atoms with van der Waals surface area (Å²) < 4.78 is 10.5. The van der Waals surface area contributed by atoms with Crippen molar-refractivity contribution in [2.45, 2.75) is 16.2 Å². The number of imide groups is 1. The molecule has 13 heteroatoms. The zero-order chi connectivity index (χ0) is 25.0. The van der Waals surface area contributed by atoms with Gasteiger partial charge in [-0.3, -0.25) is 24.5 Å². The molecule has 1 aromatic heterocycles. The Morgan fingerprint density at radius 2 is 1.69 bits per heavy atom. The summed E-state index contributed by atoms with van der Waals surface area (Å²) in [6.07, 6.45) is 0. The molecule has 0 aliphatic carbocycles. The van der Waals surface area contributed by atoms with Gasteiger partial charge in [-0.25, -0.2) is 4.90 Å². The third kappa shape index (κ3) is 3.54. The highest BCUT2D eigenvalue weighted by Gasteiger charge is 2.56. The van der Waals surface area contributed by atoms with Crippen molar-refractivity contribution < 1.29 is 29.1 Å². The number of nitro benzene ring substituents is 1. The average molecular weight is 516 g/mol. The number of methoxy groups -OCH3 is 2. The number of thioether (sulfide) groups is 1. The van der Waals surface area contributed by atoms with Gasteiger partial charge in [0.2, 0.25) is 17.6 Å². The third-order valence-electron chi connectivity index (χ3n) is 6.00. The number of thiazole rings is 1. The number of carbonyl (C=O) groups is 2. The molecule has 5 rings (SSSR count). The predicted octanol–water partition coefficient (Wildman–Crippen LogP) is 2.86. The van der Waals surface area contributed by atoms with Crippen molar-refractivity contribution in [2.75, 3.05) is 19.1 Å². The molecule has 2 N–H and O–H groups in total. The number of nitrogens with zero attached hydrogens (tertiary/aromatic N) is 2. The molecule has 0 saturated carbocycles. The van der Waals surface area contributed by atoms with E-state index in [1.165, 1.54) is 38.5 Å². The highest BCUT2D eigenvalue weighted by atomic mass is 32.2. The van der Waals surface area contributed by atoms with E-state index < -0.39 is 33.8 Å². The van der Waals surface area contributed by atoms with Gasteiger partial charge in [0.15, 0.2) is 11.5 Å². The zero-order valence-corrected chi connectivity index (χ0v) is 19.8. The van der Waals surface area contributed by atoms with Crippen molar-refractivity contribution in [2.24, 2.45) is 5.92 Å². The molecule has 1 saturated heterocycles. The maximum Gasteiger partial charge on any atom is 0.305 e. The summed E-state index contributed by atoms with van der Waals surface area (Å²) in [6, 6.07) is 8.27. The number of aromatic nitrogens is 1. The van der Waals surface area contributed by atoms with Gasteiger partial charge in [-0.2, -0.15) is 0 Å². The minimum atomic E-state index is -0.874. The van der Waals surface area contributed by atoms with Gasteiger partial charge < -0.3 is 19.6 Å². The molecule has 0 spiro atoms. The Hall–Kier alpha value is -3.84. The zero-order valence-electron chi connectivity index (χ0n) is 18.2. The number of ether oxygens (including phenoxy) is 2. The number of benzene rings is 2. The van der Waals surface area contributed by atoms with E-state index in [-0.39, 0.29) is 33.5 Å². The lowest BCUT2D eigenvalue weighted by molar-refractivity contribution is -0.384. The first kappa shape index (κ1) is 22.9. The summed E-state index contributed by atoms with van der Waals surface area (Å²) in [4.78, 5) is 53.8. The summed E-state index contributed by atoms with van der Waals surface area (Å²) in [6.45, 7) is 0. The first-order valence-electron chi connectivity index (χ1n) is 10.2. The van der Waals surface area contributed by atoms with Crippen LogP contribution in [-0.4, -0.2) is 46.3 Å². The maximum atomic E-state index is 13.7. The molecular formula is C22H17N3O8S2. The Morgan fingerprint density at radius 3 is 2.26 bits per heavy atom. The van der Waals surface area contributed by atoms with Crippen LogP contribution in [0, 0.1) is 16.0 Å². The molecule has 2 aromatic carbocycles. The third-order valence-corrected chi connectivity index (χ3v) is 8.41. The molecule has 3 heterocycles. The van der Waals surface area contributed by atoms with Crippen molar-refractivity contribution in [3.63, 3.8) is 0 Å². The van der Waals surface area contributed by atoms with Gasteiger partial charge in [0.25, 0.3) is 5.69 Å². The smallest absolute Gasteiger partial charge is 0.305 e. The summed E-state index contributed by atoms with van der Waals surface area (Å²) in [5.74, 6) is -2.55. The van der Waals surface area contributed by atoms with Crippen molar-refractivity contribution >= 4 is 46.3 Å². The molecule has 3 aromatic rings. The summed E-state index contributed by atoms with van der Waals surface area (Å²) in [5, 5.41) is 21.0. The van der Waals surface area contributed by atoms with E-state index in [0.29, 0.717) is 15.5 Å². The van der Waals surface area contributed by atoms with Crippen LogP contribution in [0.3, 0.4) is 0 Å². The van der Waals surface area contributed by atoms with E-state index in [4.69, 9.17) is 9.47 Å². The molecule has 0 radical (unpaired) electrons. The van der Waals surface area contributed by atoms with Crippen LogP contribution in [0.1, 0.15) is 16.4 Å². The lowest BCUT2D eigenvalue weighted by Gasteiger charge is -2.30. The van der Waals surface area contributed by atoms with Crippen LogP contribution in [0.15, 0.2) is 46.2 Å². The fraction of sp³-hybridized carbons (Fsp3) is 0.227. The summed E-state index contributed by atoms with van der Waals surface area (Å²) in [5.41, 5.74) is 0.576. The molecule has 2 aliphatic rings. The molecule has 11 nitrogen and oxygen atoms in total. The minimum Gasteiger partial charge on any atom is -0.502 e. The average Bonchev–Trinajstić information content (AvgIpc) is 3.33. The van der Waals surface area contributed by atoms with E-state index in [2.05, 4.69) is 4.98 Å². The van der Waals surface area contributed by atoms with Gasteiger partial charge in [0.05, 0.1) is 35.8 Å². The number of hydrogen-bond donors (Lipinski definition) is 2. The molecular weight excluding hydrogens is 498 g/mol. The maximum absolute atomic E-state index is 13.7. The number of hydrogen-bond acceptors (Lipinski definition) is 10. The number of nitrogens with one attached hydrogen (secondary N) is 1. The quantitative estimate of drug-likeness (QED) is 0.297. The molecule has 0 bridgehead atoms. The van der Waals surface area contributed by atoms with Gasteiger partial charge in [0.1, 0.15) is 5.25 Å². The predicted molar refractivity (Wildman–Crippen MR) is 127 cm³/mol. The Kier molecular flexibility index (Phi) is 5.52. The second-order valence-corrected chi connectivity index (χ2v) is 9.98. The number of non-ortho nitro benzene ring substituents is 1. The molecule has 35 heavy (non-hydrogen) atoms. The van der Waals surface area contributed by atoms with Crippen LogP contribution in [0.4, 0.5) is 11.4 Å². The molecule has 180 valence electrons. The lowest BCUT2D eigenvalue weighted by atomic mass is 9.83. The number of H-pyrrole nitrogens is 1. The van der Waals surface area contributed by atoms with E-state index in [9.17, 15) is 29.6 Å². The summed E-state index contributed by atoms with van der Waals surface area (Å²) >= 11 is 2.06. The number of aromatic hydroxyl groups is 1. The van der Waals surface area contributed by atoms with Gasteiger partial charge >= 0.3 is 4.87 Å². The Labute approximate surface area is 205 Å². The standard InChI is InChI=1S/C22H17N3O8S2/c1-32-12-7-9(8-13(33-2)16(12)26)14-15-18(34-19-17(14)35-22(29)23-19)21(28)24(20(15)27)10-3-5-11(6-4-10)25(30)31/h3-8,14-15,18,26H,1-2H3,(H,23,29)/t14-,15-,18+/m0/s1. The molecule has 3 atom stereocenters. The van der Waals surface area contributed by atoms with Crippen molar-refractivity contribution in [1.82, 2.24) is 4.98 Å². The number of amides is 2. The fourth-order valence-corrected chi connectivity index (χ4v) is 6.96. The van der Waals surface area contributed by atoms with Crippen LogP contribution in [-0.2, 0) is 9.59 Å². The van der Waals surface area contributed by atoms with Gasteiger partial charge in [0, 0.05) is 22.9 Å². The second-order valence-electron chi connectivity index (χ2n) is 7.81. The van der Waals surface area contributed by atoms with Crippen LogP contribution in [0.5, 0.6) is 17.2 Å². The van der Waals surface area contributed by atoms with Crippen LogP contribution < -0.4 is 19.2 Å². The monoisotopic (exact) mass is 515 g/mol. The van der Waals surface area contributed by atoms with Crippen LogP contribution in [0.2, 0.25) is 0 Å². The van der Waals surface area contributed by atoms with E-state index >= 15 is 0 Å². The van der Waals surface area contributed by atoms with Crippen LogP contribution in [0.25, 0.3) is 0 Å². The number of phenolic OH excluding ortho intramolecular Hbond substituents is 1. The van der Waals surface area contributed by atoms with Gasteiger partial charge in [-0.1, -0.05) is 23.1 Å². The number of carbonyl (C=O) groups excluding carboxylic acids is 2. The molecule has 2 amide bonds. The topological polar surface area (TPSA) is 152 Å². The molecule has 2 aliphatic heterocycles. The lowest BCUT2D eigenvalue weighted by Crippen LogP contribution is -2.32. The van der Waals surface area contributed by atoms with Crippen LogP contribution >= 0.6 is 23.1 Å². The first-order valence-corrected chi connectivity index (χ1v) is 11.9. The first-order chi connectivity index (χ1) is 16.7. The van der Waals surface area contributed by atoms with Crippen molar-refractivity contribution in [3.05, 3.63) is 66.6 Å². The normalized spacial score (nSPS) is 21.0. The minimum absolute atomic E-state index is 0.113. The van der Waals surface area contributed by atoms with E-state index in [1.54, 1.807) is 12.1 Å². The highest BCUT2D eigenvalue weighted by Crippen LogP contribution is 2.54. The fourth-order valence-electron chi connectivity index (χ4n) is 4.45. The molecule has 1 fully saturated rings. The number of fused-ring (bicyclic) bond motifs is 2. The van der Waals surface area contributed by atoms with E-state index in [0.717, 1.165) is 28.0 Å². The second kappa shape index (κ2) is 8.43.